The number of halogens is 2. The van der Waals surface area contributed by atoms with E-state index in [1.807, 2.05) is 37.3 Å². The first-order chi connectivity index (χ1) is 10.1. The third kappa shape index (κ3) is 2.78. The average Bonchev–Trinajstić information content (AvgIpc) is 2.80. The van der Waals surface area contributed by atoms with Crippen LogP contribution < -0.4 is 4.90 Å². The summed E-state index contributed by atoms with van der Waals surface area (Å²) in [5.74, 6) is 0.506. The van der Waals surface area contributed by atoms with Gasteiger partial charge in [0.1, 0.15) is 5.37 Å². The quantitative estimate of drug-likeness (QED) is 0.761. The van der Waals surface area contributed by atoms with Crippen molar-refractivity contribution in [2.45, 2.75) is 12.3 Å². The van der Waals surface area contributed by atoms with E-state index in [0.717, 1.165) is 16.8 Å². The van der Waals surface area contributed by atoms with Crippen LogP contribution in [0.15, 0.2) is 42.5 Å². The molecule has 0 bridgehead atoms. The number of benzene rings is 2. The second-order valence-corrected chi connectivity index (χ2v) is 6.78. The van der Waals surface area contributed by atoms with Crippen LogP contribution in [0.5, 0.6) is 0 Å². The Labute approximate surface area is 138 Å². The normalized spacial score (nSPS) is 18.3. The molecule has 0 aliphatic carbocycles. The minimum Gasteiger partial charge on any atom is -0.295 e. The highest BCUT2D eigenvalue weighted by Gasteiger charge is 2.36. The number of thioether (sulfide) groups is 1. The third-order valence-corrected chi connectivity index (χ3v) is 5.23. The molecule has 5 heteroatoms. The summed E-state index contributed by atoms with van der Waals surface area (Å²) in [6.45, 7) is 2.01. The molecular weight excluding hydrogens is 325 g/mol. The van der Waals surface area contributed by atoms with Gasteiger partial charge in [0.2, 0.25) is 5.91 Å². The lowest BCUT2D eigenvalue weighted by Gasteiger charge is -2.26. The molecule has 0 aromatic heterocycles. The van der Waals surface area contributed by atoms with E-state index in [-0.39, 0.29) is 11.3 Å². The molecule has 1 saturated heterocycles. The Morgan fingerprint density at radius 2 is 1.81 bits per heavy atom. The fourth-order valence-electron chi connectivity index (χ4n) is 2.44. The third-order valence-electron chi connectivity index (χ3n) is 3.39. The van der Waals surface area contributed by atoms with E-state index in [1.54, 1.807) is 28.8 Å². The summed E-state index contributed by atoms with van der Waals surface area (Å²) in [6.07, 6.45) is 0. The van der Waals surface area contributed by atoms with E-state index in [4.69, 9.17) is 23.2 Å². The molecule has 2 aromatic rings. The molecule has 1 amide bonds. The number of hydrogen-bond donors (Lipinski definition) is 0. The Balaban J connectivity index is 2.08. The number of aryl methyl sites for hydroxylation is 1. The molecule has 1 atom stereocenters. The molecule has 1 aliphatic rings. The SMILES string of the molecule is Cc1cccc(N2C(=O)CSC2c2c(Cl)cccc2Cl)c1. The molecule has 108 valence electrons. The van der Waals surface area contributed by atoms with Crippen molar-refractivity contribution in [3.63, 3.8) is 0 Å². The lowest BCUT2D eigenvalue weighted by Crippen LogP contribution is -2.28. The molecule has 2 nitrogen and oxygen atoms in total. The monoisotopic (exact) mass is 337 g/mol. The minimum atomic E-state index is -0.180. The minimum absolute atomic E-state index is 0.0755. The van der Waals surface area contributed by atoms with Crippen LogP contribution >= 0.6 is 35.0 Å². The molecule has 0 N–H and O–H groups in total. The average molecular weight is 338 g/mol. The van der Waals surface area contributed by atoms with Gasteiger partial charge in [-0.1, -0.05) is 41.4 Å². The summed E-state index contributed by atoms with van der Waals surface area (Å²) in [5, 5.41) is 1.00. The Hall–Kier alpha value is -1.16. The molecular formula is C16H13Cl2NOS. The zero-order chi connectivity index (χ0) is 15.0. The van der Waals surface area contributed by atoms with Crippen molar-refractivity contribution in [1.29, 1.82) is 0 Å². The summed E-state index contributed by atoms with van der Waals surface area (Å²) >= 11 is 14.2. The van der Waals surface area contributed by atoms with Gasteiger partial charge in [0, 0.05) is 21.3 Å². The molecule has 2 aromatic carbocycles. The van der Waals surface area contributed by atoms with E-state index in [0.29, 0.717) is 15.8 Å². The van der Waals surface area contributed by atoms with Gasteiger partial charge in [0.15, 0.2) is 0 Å². The highest BCUT2D eigenvalue weighted by Crippen LogP contribution is 2.46. The number of rotatable bonds is 2. The van der Waals surface area contributed by atoms with Crippen molar-refractivity contribution < 1.29 is 4.79 Å². The molecule has 3 rings (SSSR count). The summed E-state index contributed by atoms with van der Waals surface area (Å²) in [7, 11) is 0. The van der Waals surface area contributed by atoms with E-state index in [2.05, 4.69) is 0 Å². The second kappa shape index (κ2) is 5.91. The van der Waals surface area contributed by atoms with Crippen molar-refractivity contribution >= 4 is 46.6 Å². The van der Waals surface area contributed by atoms with Crippen LogP contribution in [0.3, 0.4) is 0 Å². The number of anilines is 1. The maximum atomic E-state index is 12.3. The van der Waals surface area contributed by atoms with Crippen LogP contribution in [-0.4, -0.2) is 11.7 Å². The fourth-order valence-corrected chi connectivity index (χ4v) is 4.42. The Morgan fingerprint density at radius 1 is 1.14 bits per heavy atom. The van der Waals surface area contributed by atoms with Crippen LogP contribution in [0.1, 0.15) is 16.5 Å². The van der Waals surface area contributed by atoms with Gasteiger partial charge < -0.3 is 0 Å². The van der Waals surface area contributed by atoms with Crippen LogP contribution in [0.2, 0.25) is 10.0 Å². The van der Waals surface area contributed by atoms with Gasteiger partial charge in [-0.25, -0.2) is 0 Å². The summed E-state index contributed by atoms with van der Waals surface area (Å²) in [5.41, 5.74) is 2.80. The van der Waals surface area contributed by atoms with E-state index < -0.39 is 0 Å². The standard InChI is InChI=1S/C16H13Cl2NOS/c1-10-4-2-5-11(8-10)19-14(20)9-21-16(19)15-12(17)6-3-7-13(15)18/h2-8,16H,9H2,1H3. The first kappa shape index (κ1) is 14.8. The van der Waals surface area contributed by atoms with Crippen LogP contribution in [0, 0.1) is 6.92 Å². The molecule has 0 spiro atoms. The smallest absolute Gasteiger partial charge is 0.238 e. The Morgan fingerprint density at radius 3 is 2.48 bits per heavy atom. The van der Waals surface area contributed by atoms with Gasteiger partial charge in [-0.15, -0.1) is 11.8 Å². The van der Waals surface area contributed by atoms with Crippen molar-refractivity contribution in [1.82, 2.24) is 0 Å². The first-order valence-electron chi connectivity index (χ1n) is 6.52. The van der Waals surface area contributed by atoms with Gasteiger partial charge in [0.25, 0.3) is 0 Å². The molecule has 0 radical (unpaired) electrons. The van der Waals surface area contributed by atoms with Crippen LogP contribution in [-0.2, 0) is 4.79 Å². The van der Waals surface area contributed by atoms with Crippen molar-refractivity contribution in [2.24, 2.45) is 0 Å². The fraction of sp³-hybridized carbons (Fsp3) is 0.188. The topological polar surface area (TPSA) is 20.3 Å². The lowest BCUT2D eigenvalue weighted by atomic mass is 10.1. The predicted octanol–water partition coefficient (Wildman–Crippen LogP) is 5.08. The Kier molecular flexibility index (Phi) is 4.16. The van der Waals surface area contributed by atoms with Gasteiger partial charge in [-0.05, 0) is 36.8 Å². The highest BCUT2D eigenvalue weighted by molar-refractivity contribution is 8.00. The van der Waals surface area contributed by atoms with E-state index >= 15 is 0 Å². The van der Waals surface area contributed by atoms with Crippen LogP contribution in [0.25, 0.3) is 0 Å². The second-order valence-electron chi connectivity index (χ2n) is 4.90. The zero-order valence-corrected chi connectivity index (χ0v) is 13.7. The van der Waals surface area contributed by atoms with Gasteiger partial charge in [-0.2, -0.15) is 0 Å². The van der Waals surface area contributed by atoms with Crippen molar-refractivity contribution in [2.75, 3.05) is 10.7 Å². The van der Waals surface area contributed by atoms with Crippen molar-refractivity contribution in [3.05, 3.63) is 63.6 Å². The summed E-state index contributed by atoms with van der Waals surface area (Å²) in [4.78, 5) is 14.1. The van der Waals surface area contributed by atoms with Gasteiger partial charge in [0.05, 0.1) is 5.75 Å². The van der Waals surface area contributed by atoms with E-state index in [1.165, 1.54) is 0 Å². The van der Waals surface area contributed by atoms with Gasteiger partial charge >= 0.3 is 0 Å². The number of carbonyl (C=O) groups excluding carboxylic acids is 1. The van der Waals surface area contributed by atoms with Crippen molar-refractivity contribution in [3.8, 4) is 0 Å². The molecule has 1 heterocycles. The first-order valence-corrected chi connectivity index (χ1v) is 8.32. The van der Waals surface area contributed by atoms with E-state index in [9.17, 15) is 4.79 Å². The lowest BCUT2D eigenvalue weighted by molar-refractivity contribution is -0.115. The maximum absolute atomic E-state index is 12.3. The molecule has 21 heavy (non-hydrogen) atoms. The predicted molar refractivity (Wildman–Crippen MR) is 90.3 cm³/mol. The van der Waals surface area contributed by atoms with Crippen LogP contribution in [0.4, 0.5) is 5.69 Å². The number of nitrogens with zero attached hydrogens (tertiary/aromatic N) is 1. The zero-order valence-electron chi connectivity index (χ0n) is 11.3. The molecule has 1 unspecified atom stereocenters. The summed E-state index contributed by atoms with van der Waals surface area (Å²) in [6, 6.07) is 13.3. The summed E-state index contributed by atoms with van der Waals surface area (Å²) < 4.78 is 0. The highest BCUT2D eigenvalue weighted by atomic mass is 35.5. The molecule has 1 aliphatic heterocycles. The number of hydrogen-bond acceptors (Lipinski definition) is 2. The molecule has 0 saturated carbocycles. The maximum Gasteiger partial charge on any atom is 0.238 e. The van der Waals surface area contributed by atoms with Gasteiger partial charge in [-0.3, -0.25) is 9.69 Å². The number of carbonyl (C=O) groups is 1. The number of amides is 1. The molecule has 1 fully saturated rings. The Bertz CT molecular complexity index is 684. The largest absolute Gasteiger partial charge is 0.295 e.